The fraction of sp³-hybridized carbons (Fsp3) is 0.276. The van der Waals surface area contributed by atoms with Gasteiger partial charge in [0.25, 0.3) is 5.91 Å². The molecule has 2 aromatic carbocycles. The quantitative estimate of drug-likeness (QED) is 0.335. The average molecular weight is 532 g/mol. The Morgan fingerprint density at radius 3 is 2.46 bits per heavy atom. The number of primary amides is 1. The number of hydrogen-bond acceptors (Lipinski definition) is 4. The van der Waals surface area contributed by atoms with Gasteiger partial charge in [-0.25, -0.2) is 18.3 Å². The maximum atomic E-state index is 14.0. The smallest absolute Gasteiger partial charge is 0.269 e. The van der Waals surface area contributed by atoms with Gasteiger partial charge in [0, 0.05) is 36.5 Å². The molecule has 0 spiro atoms. The summed E-state index contributed by atoms with van der Waals surface area (Å²) in [6.45, 7) is 3.40. The van der Waals surface area contributed by atoms with Crippen LogP contribution in [0.25, 0.3) is 16.9 Å². The molecule has 3 N–H and O–H groups in total. The molecule has 200 valence electrons. The predicted octanol–water partition coefficient (Wildman–Crippen LogP) is 5.17. The molecule has 1 saturated heterocycles. The maximum absolute atomic E-state index is 14.0. The molecule has 1 aliphatic carbocycles. The van der Waals surface area contributed by atoms with Gasteiger partial charge in [-0.05, 0) is 68.5 Å². The zero-order valence-electron chi connectivity index (χ0n) is 21.3. The number of aromatic amines is 1. The SMILES string of the molecule is CC1=CC(C(=O)N2CCC(c3c[nH]n4c(C(N)=O)c(-c5ccc(Oc6ccc(F)cc6F)cc5)nc34)CC2)C1. The first-order chi connectivity index (χ1) is 18.8. The highest BCUT2D eigenvalue weighted by molar-refractivity contribution is 5.98. The molecule has 1 unspecified atom stereocenters. The van der Waals surface area contributed by atoms with Crippen LogP contribution in [0.1, 0.15) is 48.2 Å². The first kappa shape index (κ1) is 24.8. The summed E-state index contributed by atoms with van der Waals surface area (Å²) in [6, 6.07) is 9.71. The van der Waals surface area contributed by atoms with Gasteiger partial charge in [0.05, 0.1) is 5.92 Å². The van der Waals surface area contributed by atoms with Crippen LogP contribution in [0.15, 0.2) is 60.3 Å². The lowest BCUT2D eigenvalue weighted by atomic mass is 9.85. The minimum atomic E-state index is -0.809. The van der Waals surface area contributed by atoms with Crippen LogP contribution in [-0.4, -0.2) is 44.4 Å². The normalized spacial score (nSPS) is 17.7. The summed E-state index contributed by atoms with van der Waals surface area (Å²) in [6.07, 6.45) is 6.35. The number of aromatic nitrogens is 3. The van der Waals surface area contributed by atoms with Crippen molar-refractivity contribution >= 4 is 17.5 Å². The standard InChI is InChI=1S/C29H27F2N5O3/c1-16-12-19(13-16)29(38)35-10-8-17(9-11-35)22-15-33-36-26(27(32)37)25(34-28(22)36)18-2-5-21(6-3-18)39-24-7-4-20(30)14-23(24)31/h2-7,12,14-15,17,19,33H,8-11,13H2,1H3,(H2,32,37). The van der Waals surface area contributed by atoms with Gasteiger partial charge >= 0.3 is 0 Å². The van der Waals surface area contributed by atoms with Crippen LogP contribution in [0.3, 0.4) is 0 Å². The zero-order valence-corrected chi connectivity index (χ0v) is 21.3. The Balaban J connectivity index is 1.23. The summed E-state index contributed by atoms with van der Waals surface area (Å²) in [5, 5.41) is 3.12. The highest BCUT2D eigenvalue weighted by atomic mass is 19.1. The van der Waals surface area contributed by atoms with Crippen LogP contribution in [0.4, 0.5) is 8.78 Å². The molecule has 6 rings (SSSR count). The fourth-order valence-electron chi connectivity index (χ4n) is 5.49. The van der Waals surface area contributed by atoms with Gasteiger partial charge < -0.3 is 15.4 Å². The van der Waals surface area contributed by atoms with E-state index in [9.17, 15) is 18.4 Å². The van der Waals surface area contributed by atoms with Crippen molar-refractivity contribution in [1.29, 1.82) is 0 Å². The number of likely N-dealkylation sites (tertiary alicyclic amines) is 1. The Kier molecular flexibility index (Phi) is 6.17. The van der Waals surface area contributed by atoms with Crippen LogP contribution in [0.5, 0.6) is 11.5 Å². The van der Waals surface area contributed by atoms with Crippen LogP contribution in [0, 0.1) is 17.6 Å². The first-order valence-electron chi connectivity index (χ1n) is 12.9. The molecule has 39 heavy (non-hydrogen) atoms. The lowest BCUT2D eigenvalue weighted by molar-refractivity contribution is -0.135. The Bertz CT molecular complexity index is 1610. The number of benzene rings is 2. The van der Waals surface area contributed by atoms with E-state index >= 15 is 0 Å². The number of hydrogen-bond donors (Lipinski definition) is 2. The number of allylic oxidation sites excluding steroid dienone is 1. The van der Waals surface area contributed by atoms with Crippen LogP contribution >= 0.6 is 0 Å². The molecule has 3 heterocycles. The number of ether oxygens (including phenoxy) is 1. The number of amides is 2. The number of nitrogens with zero attached hydrogens (tertiary/aromatic N) is 3. The van der Waals surface area contributed by atoms with Crippen molar-refractivity contribution in [2.75, 3.05) is 13.1 Å². The molecular formula is C29H27F2N5O3. The Morgan fingerprint density at radius 2 is 1.82 bits per heavy atom. The summed E-state index contributed by atoms with van der Waals surface area (Å²) >= 11 is 0. The van der Waals surface area contributed by atoms with Crippen molar-refractivity contribution in [1.82, 2.24) is 19.5 Å². The van der Waals surface area contributed by atoms with E-state index in [2.05, 4.69) is 5.10 Å². The van der Waals surface area contributed by atoms with E-state index < -0.39 is 17.5 Å². The van der Waals surface area contributed by atoms with Gasteiger partial charge in [0.2, 0.25) is 5.91 Å². The van der Waals surface area contributed by atoms with E-state index in [1.807, 2.05) is 24.1 Å². The van der Waals surface area contributed by atoms with E-state index in [1.165, 1.54) is 11.6 Å². The topological polar surface area (TPSA) is 106 Å². The van der Waals surface area contributed by atoms with Crippen molar-refractivity contribution in [2.45, 2.75) is 32.1 Å². The number of imidazole rings is 1. The van der Waals surface area contributed by atoms with Crippen LogP contribution < -0.4 is 10.5 Å². The number of nitrogens with one attached hydrogen (secondary N) is 1. The number of carbonyl (C=O) groups excluding carboxylic acids is 2. The Hall–Kier alpha value is -4.47. The third-order valence-electron chi connectivity index (χ3n) is 7.56. The van der Waals surface area contributed by atoms with E-state index in [-0.39, 0.29) is 29.2 Å². The van der Waals surface area contributed by atoms with Crippen LogP contribution in [0.2, 0.25) is 0 Å². The van der Waals surface area contributed by atoms with Gasteiger partial charge in [-0.1, -0.05) is 11.6 Å². The van der Waals surface area contributed by atoms with Crippen molar-refractivity contribution in [2.24, 2.45) is 11.7 Å². The van der Waals surface area contributed by atoms with E-state index in [0.717, 1.165) is 37.0 Å². The summed E-state index contributed by atoms with van der Waals surface area (Å²) in [5.74, 6) is -1.51. The highest BCUT2D eigenvalue weighted by Gasteiger charge is 2.32. The Labute approximate surface area is 223 Å². The molecule has 2 aliphatic rings. The fourth-order valence-corrected chi connectivity index (χ4v) is 5.49. The molecule has 8 nitrogen and oxygen atoms in total. The molecule has 1 fully saturated rings. The molecule has 1 atom stereocenters. The molecule has 2 aromatic heterocycles. The van der Waals surface area contributed by atoms with E-state index in [1.54, 1.807) is 28.8 Å². The number of H-pyrrole nitrogens is 1. The molecule has 10 heteroatoms. The molecule has 0 radical (unpaired) electrons. The van der Waals surface area contributed by atoms with E-state index in [0.29, 0.717) is 35.7 Å². The number of fused-ring (bicyclic) bond motifs is 1. The number of nitrogens with two attached hydrogens (primary N) is 1. The Morgan fingerprint density at radius 1 is 1.10 bits per heavy atom. The number of carbonyl (C=O) groups is 2. The monoisotopic (exact) mass is 531 g/mol. The molecule has 0 bridgehead atoms. The van der Waals surface area contributed by atoms with Gasteiger partial charge in [-0.3, -0.25) is 14.7 Å². The minimum Gasteiger partial charge on any atom is -0.454 e. The van der Waals surface area contributed by atoms with Crippen molar-refractivity contribution in [3.05, 3.63) is 83.2 Å². The third-order valence-corrected chi connectivity index (χ3v) is 7.56. The first-order valence-corrected chi connectivity index (χ1v) is 12.9. The number of halogens is 2. The molecular weight excluding hydrogens is 504 g/mol. The number of rotatable bonds is 6. The summed E-state index contributed by atoms with van der Waals surface area (Å²) in [7, 11) is 0. The molecule has 1 aliphatic heterocycles. The van der Waals surface area contributed by atoms with Crippen molar-refractivity contribution in [3.63, 3.8) is 0 Å². The molecule has 0 saturated carbocycles. The summed E-state index contributed by atoms with van der Waals surface area (Å²) in [5.41, 5.74) is 9.87. The van der Waals surface area contributed by atoms with Gasteiger partial charge in [-0.2, -0.15) is 0 Å². The molecule has 2 amide bonds. The lowest BCUT2D eigenvalue weighted by Crippen LogP contribution is -2.42. The minimum absolute atomic E-state index is 0.0139. The van der Waals surface area contributed by atoms with Crippen molar-refractivity contribution < 1.29 is 23.1 Å². The predicted molar refractivity (Wildman–Crippen MR) is 140 cm³/mol. The highest BCUT2D eigenvalue weighted by Crippen LogP contribution is 2.36. The number of piperidine rings is 1. The summed E-state index contributed by atoms with van der Waals surface area (Å²) in [4.78, 5) is 31.9. The largest absolute Gasteiger partial charge is 0.454 e. The molecule has 4 aromatic rings. The van der Waals surface area contributed by atoms with E-state index in [4.69, 9.17) is 15.5 Å². The maximum Gasteiger partial charge on any atom is 0.269 e. The zero-order chi connectivity index (χ0) is 27.3. The second kappa shape index (κ2) is 9.68. The second-order valence-electron chi connectivity index (χ2n) is 10.2. The van der Waals surface area contributed by atoms with Gasteiger partial charge in [0.1, 0.15) is 17.3 Å². The van der Waals surface area contributed by atoms with Gasteiger partial charge in [-0.15, -0.1) is 0 Å². The second-order valence-corrected chi connectivity index (χ2v) is 10.2. The summed E-state index contributed by atoms with van der Waals surface area (Å²) < 4.78 is 34.3. The average Bonchev–Trinajstić information content (AvgIpc) is 3.48. The van der Waals surface area contributed by atoms with Crippen LogP contribution in [-0.2, 0) is 4.79 Å². The third kappa shape index (κ3) is 4.56. The van der Waals surface area contributed by atoms with Gasteiger partial charge in [0.15, 0.2) is 22.9 Å². The lowest BCUT2D eigenvalue weighted by Gasteiger charge is -2.35. The van der Waals surface area contributed by atoms with Crippen molar-refractivity contribution in [3.8, 4) is 22.8 Å².